The van der Waals surface area contributed by atoms with Gasteiger partial charge >= 0.3 is 5.97 Å². The second kappa shape index (κ2) is 10.2. The topological polar surface area (TPSA) is 73.9 Å². The van der Waals surface area contributed by atoms with Crippen molar-refractivity contribution in [2.45, 2.75) is 33.3 Å². The summed E-state index contributed by atoms with van der Waals surface area (Å²) in [7, 11) is 0. The van der Waals surface area contributed by atoms with E-state index >= 15 is 0 Å². The summed E-state index contributed by atoms with van der Waals surface area (Å²) >= 11 is 0. The molecule has 0 bridgehead atoms. The number of hydrogen-bond donors (Lipinski definition) is 1. The fraction of sp³-hybridized carbons (Fsp3) is 0.333. The summed E-state index contributed by atoms with van der Waals surface area (Å²) in [4.78, 5) is 24.1. The van der Waals surface area contributed by atoms with Crippen LogP contribution in [0.4, 0.5) is 5.69 Å². The molecule has 0 saturated carbocycles. The van der Waals surface area contributed by atoms with Crippen LogP contribution >= 0.6 is 0 Å². The van der Waals surface area contributed by atoms with Crippen molar-refractivity contribution in [3.63, 3.8) is 0 Å². The van der Waals surface area contributed by atoms with Gasteiger partial charge in [-0.1, -0.05) is 31.2 Å². The van der Waals surface area contributed by atoms with Gasteiger partial charge in [-0.15, -0.1) is 0 Å². The van der Waals surface area contributed by atoms with Gasteiger partial charge in [-0.2, -0.15) is 0 Å². The van der Waals surface area contributed by atoms with Crippen LogP contribution in [-0.2, 0) is 20.7 Å². The van der Waals surface area contributed by atoms with Crippen LogP contribution in [0.15, 0.2) is 48.5 Å². The number of rotatable bonds is 9. The molecule has 0 aromatic heterocycles. The van der Waals surface area contributed by atoms with Crippen molar-refractivity contribution in [2.75, 3.05) is 18.5 Å². The Kier molecular flexibility index (Phi) is 7.67. The molecule has 1 amide bonds. The van der Waals surface area contributed by atoms with E-state index in [0.717, 1.165) is 6.42 Å². The number of hydrogen-bond acceptors (Lipinski definition) is 5. The third-order valence-corrected chi connectivity index (χ3v) is 3.80. The zero-order valence-electron chi connectivity index (χ0n) is 15.9. The number of nitrogens with one attached hydrogen (secondary N) is 1. The lowest BCUT2D eigenvalue weighted by molar-refractivity contribution is -0.155. The monoisotopic (exact) mass is 371 g/mol. The average molecular weight is 371 g/mol. The van der Waals surface area contributed by atoms with Crippen molar-refractivity contribution in [1.29, 1.82) is 0 Å². The highest BCUT2D eigenvalue weighted by Crippen LogP contribution is 2.26. The van der Waals surface area contributed by atoms with Gasteiger partial charge in [-0.25, -0.2) is 4.79 Å². The molecule has 0 fully saturated rings. The van der Waals surface area contributed by atoms with Crippen LogP contribution in [-0.4, -0.2) is 31.2 Å². The Morgan fingerprint density at radius 1 is 0.963 bits per heavy atom. The Bertz CT molecular complexity index is 757. The van der Waals surface area contributed by atoms with Crippen molar-refractivity contribution in [3.8, 4) is 11.5 Å². The summed E-state index contributed by atoms with van der Waals surface area (Å²) in [5.74, 6) is -0.0360. The van der Waals surface area contributed by atoms with Gasteiger partial charge in [0.15, 0.2) is 24.2 Å². The predicted molar refractivity (Wildman–Crippen MR) is 103 cm³/mol. The molecule has 0 spiro atoms. The maximum absolute atomic E-state index is 12.2. The second-order valence-corrected chi connectivity index (χ2v) is 5.84. The van der Waals surface area contributed by atoms with Crippen LogP contribution in [0.1, 0.15) is 26.3 Å². The molecule has 6 heteroatoms. The Morgan fingerprint density at radius 3 is 2.19 bits per heavy atom. The molecule has 0 aliphatic carbocycles. The van der Waals surface area contributed by atoms with Crippen LogP contribution in [0, 0.1) is 0 Å². The largest absolute Gasteiger partial charge is 0.490 e. The number of esters is 1. The SMILES string of the molecule is CCOc1ccccc1OCC(=O)O[C@H](C)C(=O)Nc1ccc(CC)cc1. The van der Waals surface area contributed by atoms with Gasteiger partial charge in [0.1, 0.15) is 0 Å². The second-order valence-electron chi connectivity index (χ2n) is 5.84. The fourth-order valence-electron chi connectivity index (χ4n) is 2.33. The number of benzene rings is 2. The van der Waals surface area contributed by atoms with Crippen LogP contribution in [0.25, 0.3) is 0 Å². The minimum absolute atomic E-state index is 0.313. The number of anilines is 1. The number of carbonyl (C=O) groups excluding carboxylic acids is 2. The average Bonchev–Trinajstić information content (AvgIpc) is 2.68. The molecule has 2 aromatic rings. The number of carbonyl (C=O) groups is 2. The summed E-state index contributed by atoms with van der Waals surface area (Å²) in [5.41, 5.74) is 1.83. The van der Waals surface area contributed by atoms with E-state index in [0.29, 0.717) is 23.8 Å². The zero-order valence-corrected chi connectivity index (χ0v) is 15.9. The smallest absolute Gasteiger partial charge is 0.344 e. The standard InChI is InChI=1S/C21H25NO5/c1-4-16-10-12-17(13-11-16)22-21(24)15(3)27-20(23)14-26-19-9-7-6-8-18(19)25-5-2/h6-13,15H,4-5,14H2,1-3H3,(H,22,24)/t15-/m1/s1. The van der Waals surface area contributed by atoms with Crippen molar-refractivity contribution in [2.24, 2.45) is 0 Å². The Morgan fingerprint density at radius 2 is 1.59 bits per heavy atom. The molecule has 2 rings (SSSR count). The lowest BCUT2D eigenvalue weighted by Gasteiger charge is -2.15. The normalized spacial score (nSPS) is 11.4. The maximum atomic E-state index is 12.2. The van der Waals surface area contributed by atoms with E-state index in [1.165, 1.54) is 12.5 Å². The third-order valence-electron chi connectivity index (χ3n) is 3.80. The van der Waals surface area contributed by atoms with Crippen molar-refractivity contribution in [3.05, 3.63) is 54.1 Å². The molecule has 0 heterocycles. The molecule has 0 unspecified atom stereocenters. The summed E-state index contributed by atoms with van der Waals surface area (Å²) in [6.45, 7) is 5.61. The Balaban J connectivity index is 1.83. The minimum atomic E-state index is -0.936. The summed E-state index contributed by atoms with van der Waals surface area (Å²) in [6, 6.07) is 14.6. The predicted octanol–water partition coefficient (Wildman–Crippen LogP) is 3.60. The molecule has 0 aliphatic rings. The molecule has 6 nitrogen and oxygen atoms in total. The molecule has 0 saturated heterocycles. The van der Waals surface area contributed by atoms with Crippen molar-refractivity contribution < 1.29 is 23.8 Å². The first-order chi connectivity index (χ1) is 13.0. The van der Waals surface area contributed by atoms with E-state index in [1.54, 1.807) is 18.2 Å². The number of para-hydroxylation sites is 2. The zero-order chi connectivity index (χ0) is 19.6. The van der Waals surface area contributed by atoms with E-state index in [4.69, 9.17) is 14.2 Å². The first-order valence-electron chi connectivity index (χ1n) is 8.97. The summed E-state index contributed by atoms with van der Waals surface area (Å²) < 4.78 is 16.0. The van der Waals surface area contributed by atoms with Crippen molar-refractivity contribution >= 4 is 17.6 Å². The molecule has 0 radical (unpaired) electrons. The van der Waals surface area contributed by atoms with Gasteiger partial charge in [0.05, 0.1) is 6.61 Å². The minimum Gasteiger partial charge on any atom is -0.490 e. The molecule has 1 atom stereocenters. The van der Waals surface area contributed by atoms with Gasteiger partial charge in [0, 0.05) is 5.69 Å². The molecule has 1 N–H and O–H groups in total. The van der Waals surface area contributed by atoms with Gasteiger partial charge < -0.3 is 19.5 Å². The molecular formula is C21H25NO5. The summed E-state index contributed by atoms with van der Waals surface area (Å²) in [5, 5.41) is 2.72. The van der Waals surface area contributed by atoms with E-state index in [1.807, 2.05) is 37.3 Å². The molecule has 144 valence electrons. The van der Waals surface area contributed by atoms with Crippen LogP contribution < -0.4 is 14.8 Å². The highest BCUT2D eigenvalue weighted by Gasteiger charge is 2.18. The Labute approximate surface area is 159 Å². The van der Waals surface area contributed by atoms with Crippen LogP contribution in [0.5, 0.6) is 11.5 Å². The maximum Gasteiger partial charge on any atom is 0.344 e. The number of aryl methyl sites for hydroxylation is 1. The van der Waals surface area contributed by atoms with Crippen molar-refractivity contribution in [1.82, 2.24) is 0 Å². The van der Waals surface area contributed by atoms with Crippen LogP contribution in [0.2, 0.25) is 0 Å². The first-order valence-corrected chi connectivity index (χ1v) is 8.97. The van der Waals surface area contributed by atoms with Gasteiger partial charge in [-0.05, 0) is 50.1 Å². The number of amides is 1. The Hall–Kier alpha value is -3.02. The molecule has 2 aromatic carbocycles. The molecule has 27 heavy (non-hydrogen) atoms. The van der Waals surface area contributed by atoms with Crippen LogP contribution in [0.3, 0.4) is 0 Å². The highest BCUT2D eigenvalue weighted by atomic mass is 16.6. The third kappa shape index (κ3) is 6.33. The molecular weight excluding hydrogens is 346 g/mol. The molecule has 0 aliphatic heterocycles. The van der Waals surface area contributed by atoms with E-state index in [-0.39, 0.29) is 6.61 Å². The fourth-order valence-corrected chi connectivity index (χ4v) is 2.33. The first kappa shape index (κ1) is 20.3. The van der Waals surface area contributed by atoms with E-state index < -0.39 is 18.0 Å². The lowest BCUT2D eigenvalue weighted by Crippen LogP contribution is -2.31. The van der Waals surface area contributed by atoms with Gasteiger partial charge in [0.2, 0.25) is 0 Å². The van der Waals surface area contributed by atoms with E-state index in [9.17, 15) is 9.59 Å². The highest BCUT2D eigenvalue weighted by molar-refractivity contribution is 5.95. The summed E-state index contributed by atoms with van der Waals surface area (Å²) in [6.07, 6.45) is -0.0108. The quantitative estimate of drug-likeness (QED) is 0.682. The van der Waals surface area contributed by atoms with E-state index in [2.05, 4.69) is 12.2 Å². The van der Waals surface area contributed by atoms with Gasteiger partial charge in [-0.3, -0.25) is 4.79 Å². The number of ether oxygens (including phenoxy) is 3. The van der Waals surface area contributed by atoms with Gasteiger partial charge in [0.25, 0.3) is 5.91 Å². The lowest BCUT2D eigenvalue weighted by atomic mass is 10.1.